The predicted molar refractivity (Wildman–Crippen MR) is 90.2 cm³/mol. The number of carbonyl (C=O) groups excluding carboxylic acids is 1. The normalized spacial score (nSPS) is 10.3. The van der Waals surface area contributed by atoms with Crippen molar-refractivity contribution in [3.05, 3.63) is 72.3 Å². The lowest BCUT2D eigenvalue weighted by atomic mass is 10.2. The number of amides is 1. The summed E-state index contributed by atoms with van der Waals surface area (Å²) in [6, 6.07) is 14.3. The Morgan fingerprint density at radius 3 is 2.87 bits per heavy atom. The fourth-order valence-electron chi connectivity index (χ4n) is 1.88. The predicted octanol–water partition coefficient (Wildman–Crippen LogP) is 3.02. The molecule has 0 aliphatic heterocycles. The lowest BCUT2D eigenvalue weighted by molar-refractivity contribution is 0.0951. The van der Waals surface area contributed by atoms with Crippen molar-refractivity contribution in [2.24, 2.45) is 5.10 Å². The number of carbonyl (C=O) groups is 1. The van der Waals surface area contributed by atoms with E-state index in [4.69, 9.17) is 9.47 Å². The molecule has 0 fully saturated rings. The summed E-state index contributed by atoms with van der Waals surface area (Å²) in [7, 11) is 1.60. The summed E-state index contributed by atoms with van der Waals surface area (Å²) in [6.07, 6.45) is 3.17. The average molecular weight is 310 g/mol. The zero-order chi connectivity index (χ0) is 16.5. The Bertz CT molecular complexity index is 711. The molecule has 0 spiro atoms. The van der Waals surface area contributed by atoms with Gasteiger partial charge in [-0.05, 0) is 29.8 Å². The number of para-hydroxylation sites is 1. The second-order valence-corrected chi connectivity index (χ2v) is 4.57. The third-order valence-corrected chi connectivity index (χ3v) is 2.96. The summed E-state index contributed by atoms with van der Waals surface area (Å²) in [4.78, 5) is 12.2. The lowest BCUT2D eigenvalue weighted by Gasteiger charge is -2.08. The Morgan fingerprint density at radius 2 is 2.09 bits per heavy atom. The number of hydrazone groups is 1. The number of nitrogens with zero attached hydrogens (tertiary/aromatic N) is 1. The van der Waals surface area contributed by atoms with Crippen LogP contribution in [-0.4, -0.2) is 25.8 Å². The fraction of sp³-hybridized carbons (Fsp3) is 0.111. The lowest BCUT2D eigenvalue weighted by Crippen LogP contribution is -2.18. The van der Waals surface area contributed by atoms with Gasteiger partial charge in [-0.1, -0.05) is 36.9 Å². The minimum Gasteiger partial charge on any atom is -0.497 e. The molecule has 23 heavy (non-hydrogen) atoms. The van der Waals surface area contributed by atoms with E-state index < -0.39 is 0 Å². The fourth-order valence-corrected chi connectivity index (χ4v) is 1.88. The number of hydrogen-bond donors (Lipinski definition) is 1. The van der Waals surface area contributed by atoms with Gasteiger partial charge in [0.15, 0.2) is 0 Å². The topological polar surface area (TPSA) is 59.9 Å². The van der Waals surface area contributed by atoms with Crippen LogP contribution in [0.5, 0.6) is 11.5 Å². The van der Waals surface area contributed by atoms with Crippen molar-refractivity contribution in [3.63, 3.8) is 0 Å². The van der Waals surface area contributed by atoms with Crippen molar-refractivity contribution < 1.29 is 14.3 Å². The maximum atomic E-state index is 12.2. The molecular formula is C18H18N2O3. The Hall–Kier alpha value is -3.08. The van der Waals surface area contributed by atoms with E-state index in [0.29, 0.717) is 17.9 Å². The molecule has 0 aliphatic carbocycles. The van der Waals surface area contributed by atoms with Crippen molar-refractivity contribution in [2.75, 3.05) is 13.7 Å². The molecule has 0 bridgehead atoms. The highest BCUT2D eigenvalue weighted by Crippen LogP contribution is 2.17. The van der Waals surface area contributed by atoms with Gasteiger partial charge in [-0.2, -0.15) is 5.10 Å². The van der Waals surface area contributed by atoms with E-state index in [2.05, 4.69) is 17.1 Å². The number of hydrogen-bond acceptors (Lipinski definition) is 4. The minimum atomic E-state index is -0.344. The molecule has 2 aromatic rings. The van der Waals surface area contributed by atoms with Crippen LogP contribution < -0.4 is 14.9 Å². The largest absolute Gasteiger partial charge is 0.497 e. The first-order chi connectivity index (χ1) is 11.2. The maximum Gasteiger partial charge on any atom is 0.275 e. The highest BCUT2D eigenvalue weighted by Gasteiger charge is 2.10. The van der Waals surface area contributed by atoms with E-state index in [1.807, 2.05) is 24.3 Å². The molecule has 0 atom stereocenters. The second-order valence-electron chi connectivity index (χ2n) is 4.57. The van der Waals surface area contributed by atoms with Crippen LogP contribution in [0.15, 0.2) is 66.3 Å². The second kappa shape index (κ2) is 8.38. The van der Waals surface area contributed by atoms with Crippen LogP contribution in [0.25, 0.3) is 0 Å². The van der Waals surface area contributed by atoms with Crippen LogP contribution in [0, 0.1) is 0 Å². The summed E-state index contributed by atoms with van der Waals surface area (Å²) in [5.41, 5.74) is 3.72. The van der Waals surface area contributed by atoms with Gasteiger partial charge in [0.2, 0.25) is 0 Å². The van der Waals surface area contributed by atoms with Crippen LogP contribution in [0.4, 0.5) is 0 Å². The highest BCUT2D eigenvalue weighted by molar-refractivity contribution is 5.97. The Morgan fingerprint density at radius 1 is 1.26 bits per heavy atom. The molecule has 0 saturated carbocycles. The van der Waals surface area contributed by atoms with Gasteiger partial charge in [-0.25, -0.2) is 5.43 Å². The number of methoxy groups -OCH3 is 1. The monoisotopic (exact) mass is 310 g/mol. The van der Waals surface area contributed by atoms with Crippen molar-refractivity contribution in [3.8, 4) is 11.5 Å². The molecule has 1 amide bonds. The Balaban J connectivity index is 2.04. The summed E-state index contributed by atoms with van der Waals surface area (Å²) < 4.78 is 10.6. The molecule has 0 saturated heterocycles. The molecule has 1 N–H and O–H groups in total. The Kier molecular flexibility index (Phi) is 5.94. The van der Waals surface area contributed by atoms with Crippen LogP contribution >= 0.6 is 0 Å². The van der Waals surface area contributed by atoms with E-state index in [1.54, 1.807) is 43.7 Å². The quantitative estimate of drug-likeness (QED) is 0.486. The molecule has 0 unspecified atom stereocenters. The van der Waals surface area contributed by atoms with E-state index in [-0.39, 0.29) is 5.91 Å². The number of ether oxygens (including phenoxy) is 2. The van der Waals surface area contributed by atoms with Crippen molar-refractivity contribution in [1.29, 1.82) is 0 Å². The van der Waals surface area contributed by atoms with Crippen molar-refractivity contribution in [2.45, 2.75) is 0 Å². The molecule has 0 heterocycles. The summed E-state index contributed by atoms with van der Waals surface area (Å²) >= 11 is 0. The number of nitrogens with one attached hydrogen (secondary N) is 1. The molecule has 0 aromatic heterocycles. The molecule has 0 radical (unpaired) electrons. The van der Waals surface area contributed by atoms with Gasteiger partial charge >= 0.3 is 0 Å². The maximum absolute atomic E-state index is 12.2. The van der Waals surface area contributed by atoms with E-state index >= 15 is 0 Å². The smallest absolute Gasteiger partial charge is 0.275 e. The molecular weight excluding hydrogens is 292 g/mol. The van der Waals surface area contributed by atoms with Gasteiger partial charge in [0.1, 0.15) is 18.1 Å². The highest BCUT2D eigenvalue weighted by atomic mass is 16.5. The van der Waals surface area contributed by atoms with Gasteiger partial charge in [-0.3, -0.25) is 4.79 Å². The third kappa shape index (κ3) is 4.71. The van der Waals surface area contributed by atoms with Gasteiger partial charge in [0, 0.05) is 0 Å². The summed E-state index contributed by atoms with van der Waals surface area (Å²) in [6.45, 7) is 3.92. The standard InChI is InChI=1S/C18H18N2O3/c1-3-11-23-17-10-5-4-9-16(17)18(21)20-19-13-14-7-6-8-15(12-14)22-2/h3-10,12-13H,1,11H2,2H3,(H,20,21). The Labute approximate surface area is 135 Å². The zero-order valence-corrected chi connectivity index (χ0v) is 12.9. The third-order valence-electron chi connectivity index (χ3n) is 2.96. The molecule has 0 aliphatic rings. The molecule has 118 valence electrons. The van der Waals surface area contributed by atoms with Crippen LogP contribution in [0.1, 0.15) is 15.9 Å². The first kappa shape index (κ1) is 16.3. The number of rotatable bonds is 7. The SMILES string of the molecule is C=CCOc1ccccc1C(=O)NN=Cc1cccc(OC)c1. The summed E-state index contributed by atoms with van der Waals surface area (Å²) in [5, 5.41) is 3.96. The van der Waals surface area contributed by atoms with E-state index in [0.717, 1.165) is 11.3 Å². The van der Waals surface area contributed by atoms with E-state index in [9.17, 15) is 4.79 Å². The van der Waals surface area contributed by atoms with Gasteiger partial charge in [0.25, 0.3) is 5.91 Å². The van der Waals surface area contributed by atoms with Crippen LogP contribution in [0.2, 0.25) is 0 Å². The molecule has 5 nitrogen and oxygen atoms in total. The van der Waals surface area contributed by atoms with Crippen molar-refractivity contribution in [1.82, 2.24) is 5.43 Å². The zero-order valence-electron chi connectivity index (χ0n) is 12.9. The van der Waals surface area contributed by atoms with Crippen LogP contribution in [0.3, 0.4) is 0 Å². The first-order valence-corrected chi connectivity index (χ1v) is 7.04. The minimum absolute atomic E-state index is 0.331. The average Bonchev–Trinajstić information content (AvgIpc) is 2.60. The molecule has 2 rings (SSSR count). The van der Waals surface area contributed by atoms with Gasteiger partial charge < -0.3 is 9.47 Å². The molecule has 5 heteroatoms. The molecule has 2 aromatic carbocycles. The van der Waals surface area contributed by atoms with Crippen LogP contribution in [-0.2, 0) is 0 Å². The van der Waals surface area contributed by atoms with E-state index in [1.165, 1.54) is 0 Å². The van der Waals surface area contributed by atoms with Gasteiger partial charge in [-0.15, -0.1) is 0 Å². The van der Waals surface area contributed by atoms with Crippen molar-refractivity contribution >= 4 is 12.1 Å². The number of benzene rings is 2. The first-order valence-electron chi connectivity index (χ1n) is 7.04. The summed E-state index contributed by atoms with van der Waals surface area (Å²) in [5.74, 6) is 0.869. The van der Waals surface area contributed by atoms with Gasteiger partial charge in [0.05, 0.1) is 18.9 Å².